The van der Waals surface area contributed by atoms with E-state index in [4.69, 9.17) is 20.4 Å². The van der Waals surface area contributed by atoms with Crippen LogP contribution in [0.1, 0.15) is 103 Å². The van der Waals surface area contributed by atoms with E-state index >= 15 is 0 Å². The second-order valence-corrected chi connectivity index (χ2v) is 15.4. The Morgan fingerprint density at radius 3 is 2.30 bits per heavy atom. The van der Waals surface area contributed by atoms with Gasteiger partial charge in [-0.2, -0.15) is 6.21 Å². The van der Waals surface area contributed by atoms with Crippen molar-refractivity contribution >= 4 is 55.9 Å². The molecule has 0 spiro atoms. The Balaban J connectivity index is 0.000000238. The molecule has 0 atom stereocenters. The van der Waals surface area contributed by atoms with Crippen LogP contribution < -0.4 is 0 Å². The molecule has 63 heavy (non-hydrogen) atoms. The number of hydrogen-bond acceptors (Lipinski definition) is 2. The maximum atomic E-state index is 9.39. The summed E-state index contributed by atoms with van der Waals surface area (Å²) in [5.74, 6) is -1.39. The summed E-state index contributed by atoms with van der Waals surface area (Å²) in [6, 6.07) is 41.7. The van der Waals surface area contributed by atoms with E-state index in [0.29, 0.717) is 22.5 Å². The molecule has 8 aromatic rings. The molecule has 8 rings (SSSR count). The van der Waals surface area contributed by atoms with Crippen molar-refractivity contribution in [2.24, 2.45) is 0 Å². The molecule has 0 N–H and O–H groups in total. The topological polar surface area (TPSA) is 53.3 Å². The van der Waals surface area contributed by atoms with Crippen molar-refractivity contribution in [1.29, 1.82) is 0 Å². The standard InChI is InChI=1S/C33H35N2.C25H19NO.Ir/c1-8-9-10-14-24(6)29-21-26(20-19-25(29)7)33-34-30-17-11-12-18-31(30)35(33)32-27(22(2)3)15-13-16-28(32)23(4)5;1-17-10-12-19(13-11-17)20(14-15-26)16-18(2)21-7-5-8-23-22-6-3-4-9-24(22)27-25(21)23;/h8-19,21-23H,6H2,1-5,7H3;3-6,8-16H,1-2H3;/q-1;-2;+3/b9-8-,14-10-;18-16+,20-14+;/i7D3,22D,23D;1D3;. The zero-order chi connectivity index (χ0) is 50.8. The monoisotopic (exact) mass is 1010 g/mol. The van der Waals surface area contributed by atoms with Gasteiger partial charge < -0.3 is 14.4 Å². The number of imidazole rings is 1. The maximum Gasteiger partial charge on any atom is 3.00 e. The predicted molar refractivity (Wildman–Crippen MR) is 266 cm³/mol. The van der Waals surface area contributed by atoms with Gasteiger partial charge in [-0.1, -0.05) is 174 Å². The van der Waals surface area contributed by atoms with E-state index in [1.54, 1.807) is 42.5 Å². The van der Waals surface area contributed by atoms with Crippen LogP contribution in [0, 0.1) is 25.8 Å². The van der Waals surface area contributed by atoms with Crippen molar-refractivity contribution in [2.45, 2.75) is 67.0 Å². The van der Waals surface area contributed by atoms with E-state index in [1.807, 2.05) is 149 Å². The van der Waals surface area contributed by atoms with E-state index in [-0.39, 0.29) is 31.2 Å². The average Bonchev–Trinajstić information content (AvgIpc) is 3.89. The minimum atomic E-state index is -2.36. The van der Waals surface area contributed by atoms with Gasteiger partial charge in [-0.25, -0.2) is 0 Å². The molecule has 2 aromatic heterocycles. The molecule has 2 heterocycles. The molecular formula is C58H54IrN3O. The van der Waals surface area contributed by atoms with Gasteiger partial charge in [0.05, 0.1) is 16.9 Å². The Bertz CT molecular complexity index is 3340. The first kappa shape index (κ1) is 36.1. The fourth-order valence-corrected chi connectivity index (χ4v) is 7.54. The summed E-state index contributed by atoms with van der Waals surface area (Å²) < 4.78 is 73.0. The molecule has 5 heteroatoms. The minimum Gasteiger partial charge on any atom is -0.811 e. The molecule has 0 saturated heterocycles. The van der Waals surface area contributed by atoms with Crippen molar-refractivity contribution in [3.8, 4) is 17.1 Å². The molecule has 6 aromatic carbocycles. The Morgan fingerprint density at radius 2 is 1.60 bits per heavy atom. The number of aryl methyl sites for hydroxylation is 2. The number of fused-ring (bicyclic) bond motifs is 4. The third-order valence-corrected chi connectivity index (χ3v) is 10.6. The van der Waals surface area contributed by atoms with E-state index < -0.39 is 25.5 Å². The van der Waals surface area contributed by atoms with Crippen LogP contribution in [0.3, 0.4) is 0 Å². The first-order chi connectivity index (χ1) is 33.0. The van der Waals surface area contributed by atoms with Crippen molar-refractivity contribution in [2.75, 3.05) is 0 Å². The summed E-state index contributed by atoms with van der Waals surface area (Å²) in [5.41, 5.74) is 10.8. The van der Waals surface area contributed by atoms with Crippen molar-refractivity contribution < 1.29 is 35.5 Å². The van der Waals surface area contributed by atoms with Gasteiger partial charge in [0.15, 0.2) is 0 Å². The smallest absolute Gasteiger partial charge is 0.811 e. The van der Waals surface area contributed by atoms with Crippen LogP contribution in [0.25, 0.3) is 72.2 Å². The number of rotatable bonds is 11. The second-order valence-electron chi connectivity index (χ2n) is 15.4. The largest absolute Gasteiger partial charge is 3.00 e. The van der Waals surface area contributed by atoms with Gasteiger partial charge in [0.2, 0.25) is 0 Å². The SMILES string of the molecule is [2H]C([2H])([2H])c1c[c-]c(-c2nc3ccccc3n2-c2c(C([2H])(C)C)cccc2C([2H])(C)C)cc1C(=C)/C=C\C=C/C.[2H]C([2H])([2H])c1ccc(C(=C/C=[N-])/C=C(\C)c2[c-]ccc3c2oc2ccccc23)cc1.[Ir+3]. The molecule has 0 bridgehead atoms. The molecule has 0 aliphatic carbocycles. The summed E-state index contributed by atoms with van der Waals surface area (Å²) in [6.45, 7) is 10.9. The number of allylic oxidation sites excluding steroid dienone is 9. The first-order valence-electron chi connectivity index (χ1n) is 24.5. The molecule has 0 fully saturated rings. The van der Waals surface area contributed by atoms with Crippen LogP contribution in [0.4, 0.5) is 0 Å². The first-order valence-corrected chi connectivity index (χ1v) is 20.5. The fraction of sp³-hybridized carbons (Fsp3) is 0.172. The Labute approximate surface area is 398 Å². The van der Waals surface area contributed by atoms with E-state index in [0.717, 1.165) is 78.3 Å². The third-order valence-electron chi connectivity index (χ3n) is 10.6. The van der Waals surface area contributed by atoms with Crippen molar-refractivity contribution in [3.05, 3.63) is 215 Å². The quantitative estimate of drug-likeness (QED) is 0.0736. The van der Waals surface area contributed by atoms with Gasteiger partial charge >= 0.3 is 20.1 Å². The normalized spacial score (nSPS) is 14.8. The molecule has 0 radical (unpaired) electrons. The van der Waals surface area contributed by atoms with Gasteiger partial charge in [-0.15, -0.1) is 58.7 Å². The Hall–Kier alpha value is -6.39. The van der Waals surface area contributed by atoms with Crippen LogP contribution >= 0.6 is 0 Å². The average molecular weight is 1010 g/mol. The van der Waals surface area contributed by atoms with Crippen molar-refractivity contribution in [1.82, 2.24) is 9.55 Å². The second kappa shape index (κ2) is 20.7. The van der Waals surface area contributed by atoms with Crippen LogP contribution in [0.2, 0.25) is 0 Å². The van der Waals surface area contributed by atoms with Crippen LogP contribution in [0.5, 0.6) is 0 Å². The van der Waals surface area contributed by atoms with Gasteiger partial charge in [-0.05, 0) is 71.6 Å². The Morgan fingerprint density at radius 1 is 0.873 bits per heavy atom. The van der Waals surface area contributed by atoms with E-state index in [9.17, 15) is 5.41 Å². The summed E-state index contributed by atoms with van der Waals surface area (Å²) in [6.07, 6.45) is 11.8. The van der Waals surface area contributed by atoms with Crippen LogP contribution in [-0.2, 0) is 20.1 Å². The number of hydrogen-bond donors (Lipinski definition) is 0. The number of benzene rings is 6. The number of nitrogens with zero attached hydrogens (tertiary/aromatic N) is 3. The Kier molecular flexibility index (Phi) is 11.8. The molecule has 4 nitrogen and oxygen atoms in total. The van der Waals surface area contributed by atoms with Gasteiger partial charge in [-0.3, -0.25) is 4.98 Å². The molecule has 0 aliphatic heterocycles. The summed E-state index contributed by atoms with van der Waals surface area (Å²) in [5, 5.41) is 11.5. The van der Waals surface area contributed by atoms with Crippen LogP contribution in [0.15, 0.2) is 163 Å². The predicted octanol–water partition coefficient (Wildman–Crippen LogP) is 16.0. The molecule has 0 saturated carbocycles. The van der Waals surface area contributed by atoms with E-state index in [2.05, 4.69) is 18.7 Å². The summed E-state index contributed by atoms with van der Waals surface area (Å²) >= 11 is 0. The van der Waals surface area contributed by atoms with Gasteiger partial charge in [0, 0.05) is 27.6 Å². The molecule has 0 unspecified atom stereocenters. The van der Waals surface area contributed by atoms with Gasteiger partial charge in [0.1, 0.15) is 5.58 Å². The zero-order valence-electron chi connectivity index (χ0n) is 44.3. The van der Waals surface area contributed by atoms with Gasteiger partial charge in [0.25, 0.3) is 0 Å². The molecule has 0 amide bonds. The van der Waals surface area contributed by atoms with Crippen molar-refractivity contribution in [3.63, 3.8) is 0 Å². The molecular weight excluding hydrogens is 947 g/mol. The number of para-hydroxylation sites is 4. The number of aromatic nitrogens is 2. The van der Waals surface area contributed by atoms with E-state index in [1.165, 1.54) is 6.07 Å². The zero-order valence-corrected chi connectivity index (χ0v) is 38.7. The number of furan rings is 1. The molecule has 316 valence electrons. The summed E-state index contributed by atoms with van der Waals surface area (Å²) in [7, 11) is 0. The van der Waals surface area contributed by atoms with Crippen LogP contribution in [-0.4, -0.2) is 15.8 Å². The summed E-state index contributed by atoms with van der Waals surface area (Å²) in [4.78, 5) is 4.98. The fourth-order valence-electron chi connectivity index (χ4n) is 7.54. The molecule has 0 aliphatic rings. The maximum absolute atomic E-state index is 9.39. The minimum absolute atomic E-state index is 0. The third kappa shape index (κ3) is 9.97.